The summed E-state index contributed by atoms with van der Waals surface area (Å²) in [7, 11) is -4.72. The van der Waals surface area contributed by atoms with Crippen molar-refractivity contribution in [1.82, 2.24) is 29.6 Å². The minimum Gasteiger partial charge on any atom is -0.491 e. The number of nitrogens with one attached hydrogen (secondary N) is 3. The van der Waals surface area contributed by atoms with Crippen LogP contribution in [0.5, 0.6) is 17.4 Å². The van der Waals surface area contributed by atoms with Crippen molar-refractivity contribution in [2.24, 2.45) is 11.3 Å². The lowest BCUT2D eigenvalue weighted by Crippen LogP contribution is -2.60. The Kier molecular flexibility index (Phi) is 14.0. The summed E-state index contributed by atoms with van der Waals surface area (Å²) >= 11 is 0. The molecular weight excluding hydrogens is 1080 g/mol. The molecule has 1 spiro atoms. The number of aromatic nitrogens is 4. The van der Waals surface area contributed by atoms with Crippen molar-refractivity contribution < 1.29 is 46.6 Å². The van der Waals surface area contributed by atoms with Crippen molar-refractivity contribution in [3.05, 3.63) is 112 Å². The molecule has 1 amide bonds. The molecule has 6 aromatic rings. The van der Waals surface area contributed by atoms with Crippen molar-refractivity contribution in [3.8, 4) is 17.4 Å². The highest BCUT2D eigenvalue weighted by Crippen LogP contribution is 2.54. The molecule has 436 valence electrons. The number of rotatable bonds is 12. The standard InChI is InChI=1S/C60H69N11O11S/c1-36(2)81-52-6-4-3-5-43(52)51-31-68(57-42-12-23-78-32-46(42)62-35-63-57)19-20-69(51)40-29-60(30-40)14-17-67(18-15-60)39-7-8-44(48(26-39)70-47-13-24-79-34-54(47)82-59-50(70)25-38-9-16-61-56(38)65-59)58(72)66-83(75,76)41-27-49(71(73)74)55-53(28-41)80-33-45(64-55)37-10-21-77-22-11-37/h3-9,16,25-28,35-37,40,45,47,51,54,64H,10-15,17-24,29-34H2,1-2H3,(H,61,65)(H,66,72)/t45-,47-,51-,54-/m0/s1. The van der Waals surface area contributed by atoms with E-state index in [1.165, 1.54) is 17.2 Å². The lowest BCUT2D eigenvalue weighted by atomic mass is 9.59. The molecule has 5 fully saturated rings. The Morgan fingerprint density at radius 3 is 2.57 bits per heavy atom. The third-order valence-corrected chi connectivity index (χ3v) is 19.9. The predicted molar refractivity (Wildman–Crippen MR) is 309 cm³/mol. The summed E-state index contributed by atoms with van der Waals surface area (Å²) in [6.07, 6.45) is 10.0. The number of ether oxygens (including phenoxy) is 6. The minimum absolute atomic E-state index is 0.0223. The number of anilines is 5. The van der Waals surface area contributed by atoms with Crippen LogP contribution in [0.15, 0.2) is 84.1 Å². The maximum atomic E-state index is 15.0. The van der Waals surface area contributed by atoms with Crippen molar-refractivity contribution in [1.29, 1.82) is 0 Å². The number of piperidine rings is 1. The molecule has 0 bridgehead atoms. The first-order valence-electron chi connectivity index (χ1n) is 29.3. The Morgan fingerprint density at radius 2 is 1.73 bits per heavy atom. The first-order chi connectivity index (χ1) is 40.3. The molecule has 0 radical (unpaired) electrons. The largest absolute Gasteiger partial charge is 0.491 e. The van der Waals surface area contributed by atoms with Gasteiger partial charge in [0.1, 0.15) is 41.9 Å². The summed E-state index contributed by atoms with van der Waals surface area (Å²) in [5.74, 6) is 1.56. The SMILES string of the molecule is CC(C)Oc1ccccc1[C@@H]1CN(c2ncnc3c2CCOC3)CCN1C1CC2(CCN(c3ccc(C(=O)NS(=O)(=O)c4cc5c(c([N+](=O)[O-])c4)N[C@H](C4CCOCC4)CO5)c(N4c5cc6cc[nH]c6nc5O[C@H]5COCC[C@@H]54)c3)CC2)C1. The van der Waals surface area contributed by atoms with Gasteiger partial charge in [-0.15, -0.1) is 0 Å². The van der Waals surface area contributed by atoms with Crippen molar-refractivity contribution in [3.63, 3.8) is 0 Å². The summed E-state index contributed by atoms with van der Waals surface area (Å²) < 4.78 is 67.6. The predicted octanol–water partition coefficient (Wildman–Crippen LogP) is 7.84. The highest BCUT2D eigenvalue weighted by Gasteiger charge is 2.51. The molecule has 1 saturated carbocycles. The van der Waals surface area contributed by atoms with Gasteiger partial charge in [0.05, 0.1) is 70.8 Å². The zero-order chi connectivity index (χ0) is 56.6. The van der Waals surface area contributed by atoms with Crippen LogP contribution in [0.25, 0.3) is 11.0 Å². The van der Waals surface area contributed by atoms with Gasteiger partial charge in [0.25, 0.3) is 21.6 Å². The van der Waals surface area contributed by atoms with Crippen LogP contribution in [0.3, 0.4) is 0 Å². The van der Waals surface area contributed by atoms with E-state index in [-0.39, 0.29) is 65.8 Å². The lowest BCUT2D eigenvalue weighted by molar-refractivity contribution is -0.384. The summed E-state index contributed by atoms with van der Waals surface area (Å²) in [4.78, 5) is 53.6. The van der Waals surface area contributed by atoms with Crippen LogP contribution in [-0.4, -0.2) is 147 Å². The molecule has 4 atom stereocenters. The normalized spacial score (nSPS) is 23.7. The highest BCUT2D eigenvalue weighted by molar-refractivity contribution is 7.90. The fourth-order valence-corrected chi connectivity index (χ4v) is 15.3. The van der Waals surface area contributed by atoms with Gasteiger partial charge in [0, 0.05) is 106 Å². The smallest absolute Gasteiger partial charge is 0.297 e. The average Bonchev–Trinajstić information content (AvgIpc) is 4.22. The fraction of sp³-hybridized carbons (Fsp3) is 0.500. The second-order valence-corrected chi connectivity index (χ2v) is 25.5. The van der Waals surface area contributed by atoms with Crippen LogP contribution in [0, 0.1) is 21.4 Å². The molecule has 8 aliphatic rings. The number of nitrogens with zero attached hydrogens (tertiary/aromatic N) is 8. The maximum Gasteiger partial charge on any atom is 0.297 e. The highest BCUT2D eigenvalue weighted by atomic mass is 32.2. The Bertz CT molecular complexity index is 3580. The Morgan fingerprint density at radius 1 is 0.904 bits per heavy atom. The number of aromatic amines is 1. The maximum absolute atomic E-state index is 15.0. The monoisotopic (exact) mass is 1150 g/mol. The van der Waals surface area contributed by atoms with E-state index in [9.17, 15) is 23.3 Å². The van der Waals surface area contributed by atoms with E-state index in [0.29, 0.717) is 68.4 Å². The van der Waals surface area contributed by atoms with Gasteiger partial charge in [-0.1, -0.05) is 18.2 Å². The van der Waals surface area contributed by atoms with Crippen molar-refractivity contribution >= 4 is 61.2 Å². The Labute approximate surface area is 481 Å². The quantitative estimate of drug-likeness (QED) is 0.0781. The number of piperazine rings is 1. The van der Waals surface area contributed by atoms with Gasteiger partial charge in [-0.25, -0.2) is 23.1 Å². The molecule has 23 heteroatoms. The zero-order valence-corrected chi connectivity index (χ0v) is 47.5. The lowest BCUT2D eigenvalue weighted by Gasteiger charge is -2.58. The van der Waals surface area contributed by atoms with E-state index in [2.05, 4.69) is 77.7 Å². The molecule has 3 aromatic heterocycles. The summed E-state index contributed by atoms with van der Waals surface area (Å²) in [6, 6.07) is 20.1. The van der Waals surface area contributed by atoms with E-state index < -0.39 is 37.5 Å². The fourth-order valence-electron chi connectivity index (χ4n) is 14.3. The Balaban J connectivity index is 0.743. The molecule has 3 aromatic carbocycles. The number of H-pyrrole nitrogens is 1. The van der Waals surface area contributed by atoms with E-state index in [1.807, 2.05) is 30.5 Å². The number of benzene rings is 3. The number of nitro groups is 1. The minimum atomic E-state index is -4.72. The second kappa shape index (κ2) is 21.7. The van der Waals surface area contributed by atoms with Gasteiger partial charge in [-0.05, 0) is 107 Å². The molecule has 4 saturated heterocycles. The van der Waals surface area contributed by atoms with Crippen LogP contribution >= 0.6 is 0 Å². The number of sulfonamides is 1. The van der Waals surface area contributed by atoms with Crippen molar-refractivity contribution in [2.45, 2.75) is 113 Å². The van der Waals surface area contributed by atoms with Crippen LogP contribution in [-0.2, 0) is 37.3 Å². The topological polar surface area (TPSA) is 241 Å². The van der Waals surface area contributed by atoms with Gasteiger partial charge in [-0.2, -0.15) is 4.98 Å². The Hall–Kier alpha value is -7.31. The second-order valence-electron chi connectivity index (χ2n) is 23.8. The number of carbonyl (C=O) groups excluding carboxylic acids is 1. The number of carbonyl (C=O) groups is 1. The average molecular weight is 1150 g/mol. The molecular formula is C60H69N11O11S. The molecule has 22 nitrogen and oxygen atoms in total. The van der Waals surface area contributed by atoms with Crippen molar-refractivity contribution in [2.75, 3.05) is 92.4 Å². The molecule has 83 heavy (non-hydrogen) atoms. The van der Waals surface area contributed by atoms with Gasteiger partial charge >= 0.3 is 0 Å². The number of pyridine rings is 1. The summed E-state index contributed by atoms with van der Waals surface area (Å²) in [5.41, 5.74) is 5.87. The van der Waals surface area contributed by atoms with Crippen LogP contribution in [0.4, 0.5) is 34.3 Å². The van der Waals surface area contributed by atoms with E-state index in [0.717, 1.165) is 112 Å². The van der Waals surface area contributed by atoms with Gasteiger partial charge in [0.2, 0.25) is 5.88 Å². The van der Waals surface area contributed by atoms with Gasteiger partial charge < -0.3 is 53.4 Å². The third-order valence-electron chi connectivity index (χ3n) is 18.6. The number of amides is 1. The third kappa shape index (κ3) is 10.1. The van der Waals surface area contributed by atoms with Gasteiger partial charge in [0.15, 0.2) is 11.4 Å². The number of para-hydroxylation sites is 1. The molecule has 10 heterocycles. The first-order valence-corrected chi connectivity index (χ1v) is 30.8. The number of hydrogen-bond donors (Lipinski definition) is 3. The van der Waals surface area contributed by atoms with E-state index >= 15 is 0 Å². The van der Waals surface area contributed by atoms with E-state index in [1.54, 1.807) is 12.4 Å². The van der Waals surface area contributed by atoms with Gasteiger partial charge in [-0.3, -0.25) is 19.8 Å². The zero-order valence-electron chi connectivity index (χ0n) is 46.7. The summed E-state index contributed by atoms with van der Waals surface area (Å²) in [5, 5.41) is 16.7. The number of fused-ring (bicyclic) bond motifs is 5. The molecule has 7 aliphatic heterocycles. The molecule has 14 rings (SSSR count). The van der Waals surface area contributed by atoms with E-state index in [4.69, 9.17) is 38.4 Å². The molecule has 3 N–H and O–H groups in total. The number of hydrogen-bond acceptors (Lipinski definition) is 19. The molecule has 1 aliphatic carbocycles. The van der Waals surface area contributed by atoms with Crippen LogP contribution in [0.2, 0.25) is 0 Å². The van der Waals surface area contributed by atoms with Crippen LogP contribution in [0.1, 0.15) is 92.0 Å². The molecule has 0 unspecified atom stereocenters. The summed E-state index contributed by atoms with van der Waals surface area (Å²) in [6.45, 7) is 11.5. The first kappa shape index (κ1) is 53.7. The number of nitro benzene ring substituents is 1. The van der Waals surface area contributed by atoms with Crippen LogP contribution < -0.4 is 38.9 Å².